The molecule has 0 N–H and O–H groups in total. The molecule has 1 atom stereocenters. The molecule has 2 heterocycles. The van der Waals surface area contributed by atoms with Crippen LogP contribution in [-0.2, 0) is 0 Å². The molecule has 6 nitrogen and oxygen atoms in total. The van der Waals surface area contributed by atoms with Crippen LogP contribution >= 0.6 is 33.9 Å². The fraction of sp³-hybridized carbons (Fsp3) is 0.235. The maximum atomic E-state index is 5.89. The van der Waals surface area contributed by atoms with Crippen LogP contribution in [-0.4, -0.2) is 21.8 Å². The molecule has 0 spiro atoms. The molecule has 0 amide bonds. The van der Waals surface area contributed by atoms with Gasteiger partial charge in [-0.25, -0.2) is 4.98 Å². The molecular formula is C17H16IN3O3S. The summed E-state index contributed by atoms with van der Waals surface area (Å²) >= 11 is 3.59. The smallest absolute Gasteiger partial charge is 0.294 e. The maximum absolute atomic E-state index is 5.89. The lowest BCUT2D eigenvalue weighted by atomic mass is 10.3. The first-order valence-corrected chi connectivity index (χ1v) is 9.56. The molecule has 25 heavy (non-hydrogen) atoms. The molecule has 0 bridgehead atoms. The summed E-state index contributed by atoms with van der Waals surface area (Å²) in [4.78, 5) is 4.21. The van der Waals surface area contributed by atoms with E-state index in [0.717, 1.165) is 14.3 Å². The van der Waals surface area contributed by atoms with E-state index in [0.29, 0.717) is 23.4 Å². The van der Waals surface area contributed by atoms with E-state index in [1.807, 2.05) is 50.2 Å². The van der Waals surface area contributed by atoms with E-state index in [4.69, 9.17) is 14.2 Å². The molecule has 0 aliphatic carbocycles. The molecule has 0 radical (unpaired) electrons. The predicted molar refractivity (Wildman–Crippen MR) is 104 cm³/mol. The minimum atomic E-state index is -0.212. The minimum Gasteiger partial charge on any atom is -0.483 e. The Morgan fingerprint density at radius 2 is 1.84 bits per heavy atom. The lowest BCUT2D eigenvalue weighted by Crippen LogP contribution is -2.02. The van der Waals surface area contributed by atoms with Crippen molar-refractivity contribution in [3.63, 3.8) is 0 Å². The SMILES string of the molecule is CCOc1nnc([C@@H](C)Oc2ccc(Oc3ccc(I)cn3)cc2)s1. The lowest BCUT2D eigenvalue weighted by Gasteiger charge is -2.12. The number of aromatic nitrogens is 3. The summed E-state index contributed by atoms with van der Waals surface area (Å²) in [6.07, 6.45) is 1.55. The molecule has 0 fully saturated rings. The number of benzene rings is 1. The number of pyridine rings is 1. The van der Waals surface area contributed by atoms with Crippen molar-refractivity contribution in [1.82, 2.24) is 15.2 Å². The van der Waals surface area contributed by atoms with Crippen LogP contribution in [0.25, 0.3) is 0 Å². The maximum Gasteiger partial charge on any atom is 0.294 e. The number of nitrogens with zero attached hydrogens (tertiary/aromatic N) is 3. The van der Waals surface area contributed by atoms with Crippen molar-refractivity contribution < 1.29 is 14.2 Å². The molecule has 0 aliphatic rings. The second-order valence-corrected chi connectivity index (χ2v) is 7.20. The van der Waals surface area contributed by atoms with Crippen molar-refractivity contribution in [3.8, 4) is 22.6 Å². The topological polar surface area (TPSA) is 66.4 Å². The van der Waals surface area contributed by atoms with Gasteiger partial charge in [0.2, 0.25) is 5.88 Å². The van der Waals surface area contributed by atoms with Gasteiger partial charge in [-0.2, -0.15) is 0 Å². The van der Waals surface area contributed by atoms with Crippen molar-refractivity contribution in [2.45, 2.75) is 20.0 Å². The Bertz CT molecular complexity index is 809. The highest BCUT2D eigenvalue weighted by atomic mass is 127. The third-order valence-electron chi connectivity index (χ3n) is 3.10. The zero-order valence-corrected chi connectivity index (χ0v) is 16.7. The Morgan fingerprint density at radius 3 is 2.52 bits per heavy atom. The zero-order valence-electron chi connectivity index (χ0n) is 13.7. The number of ether oxygens (including phenoxy) is 3. The van der Waals surface area contributed by atoms with E-state index in [9.17, 15) is 0 Å². The number of hydrogen-bond donors (Lipinski definition) is 0. The molecule has 130 valence electrons. The summed E-state index contributed by atoms with van der Waals surface area (Å²) in [6.45, 7) is 4.41. The van der Waals surface area contributed by atoms with E-state index in [1.54, 1.807) is 6.20 Å². The van der Waals surface area contributed by atoms with Crippen LogP contribution in [0.3, 0.4) is 0 Å². The van der Waals surface area contributed by atoms with Crippen molar-refractivity contribution >= 4 is 33.9 Å². The Hall–Kier alpha value is -1.94. The number of hydrogen-bond acceptors (Lipinski definition) is 7. The fourth-order valence-electron chi connectivity index (χ4n) is 1.95. The van der Waals surface area contributed by atoms with E-state index in [1.165, 1.54) is 11.3 Å². The Labute approximate surface area is 163 Å². The van der Waals surface area contributed by atoms with Crippen molar-refractivity contribution in [2.75, 3.05) is 6.61 Å². The molecule has 0 unspecified atom stereocenters. The summed E-state index contributed by atoms with van der Waals surface area (Å²) in [5, 5.41) is 9.40. The molecule has 0 aliphatic heterocycles. The Morgan fingerprint density at radius 1 is 1.08 bits per heavy atom. The van der Waals surface area contributed by atoms with Gasteiger partial charge in [-0.05, 0) is 66.8 Å². The molecule has 0 saturated carbocycles. The van der Waals surface area contributed by atoms with Gasteiger partial charge in [-0.3, -0.25) is 0 Å². The van der Waals surface area contributed by atoms with Crippen LogP contribution in [0.2, 0.25) is 0 Å². The number of rotatable bonds is 7. The highest BCUT2D eigenvalue weighted by Crippen LogP contribution is 2.29. The lowest BCUT2D eigenvalue weighted by molar-refractivity contribution is 0.225. The van der Waals surface area contributed by atoms with Crippen LogP contribution in [0.4, 0.5) is 0 Å². The number of halogens is 1. The van der Waals surface area contributed by atoms with Crippen LogP contribution in [0.5, 0.6) is 22.6 Å². The minimum absolute atomic E-state index is 0.212. The van der Waals surface area contributed by atoms with Gasteiger partial charge < -0.3 is 14.2 Å². The molecule has 3 aromatic rings. The predicted octanol–water partition coefficient (Wildman–Crippen LogP) is 4.87. The van der Waals surface area contributed by atoms with Crippen molar-refractivity contribution in [2.24, 2.45) is 0 Å². The van der Waals surface area contributed by atoms with Crippen LogP contribution < -0.4 is 14.2 Å². The quantitative estimate of drug-likeness (QED) is 0.460. The van der Waals surface area contributed by atoms with Gasteiger partial charge >= 0.3 is 0 Å². The normalized spacial score (nSPS) is 11.8. The van der Waals surface area contributed by atoms with Gasteiger partial charge in [0.25, 0.3) is 5.19 Å². The van der Waals surface area contributed by atoms with Gasteiger partial charge in [0.15, 0.2) is 5.01 Å². The summed E-state index contributed by atoms with van der Waals surface area (Å²) in [5.74, 6) is 1.98. The highest BCUT2D eigenvalue weighted by Gasteiger charge is 2.14. The zero-order chi connectivity index (χ0) is 17.6. The largest absolute Gasteiger partial charge is 0.483 e. The standard InChI is InChI=1S/C17H16IN3O3S/c1-3-22-17-21-20-16(25-17)11(2)23-13-5-7-14(8-6-13)24-15-9-4-12(18)10-19-15/h4-11H,3H2,1-2H3/t11-/m1/s1. The molecular weight excluding hydrogens is 453 g/mol. The summed E-state index contributed by atoms with van der Waals surface area (Å²) in [5.41, 5.74) is 0. The summed E-state index contributed by atoms with van der Waals surface area (Å²) < 4.78 is 18.0. The second-order valence-electron chi connectivity index (χ2n) is 4.99. The molecule has 8 heteroatoms. The first-order valence-electron chi connectivity index (χ1n) is 7.66. The van der Waals surface area contributed by atoms with Gasteiger partial charge in [-0.15, -0.1) is 5.10 Å². The van der Waals surface area contributed by atoms with Gasteiger partial charge in [0.1, 0.15) is 17.6 Å². The fourth-order valence-corrected chi connectivity index (χ4v) is 3.00. The average Bonchev–Trinajstić information content (AvgIpc) is 3.08. The average molecular weight is 469 g/mol. The highest BCUT2D eigenvalue weighted by molar-refractivity contribution is 14.1. The van der Waals surface area contributed by atoms with Crippen molar-refractivity contribution in [1.29, 1.82) is 0 Å². The van der Waals surface area contributed by atoms with E-state index < -0.39 is 0 Å². The van der Waals surface area contributed by atoms with Crippen LogP contribution in [0.1, 0.15) is 25.0 Å². The molecule has 3 rings (SSSR count). The summed E-state index contributed by atoms with van der Waals surface area (Å²) in [7, 11) is 0. The monoisotopic (exact) mass is 469 g/mol. The van der Waals surface area contributed by atoms with Gasteiger partial charge in [0.05, 0.1) is 6.61 Å². The Kier molecular flexibility index (Phi) is 6.03. The van der Waals surface area contributed by atoms with Crippen molar-refractivity contribution in [3.05, 3.63) is 51.2 Å². The van der Waals surface area contributed by atoms with Crippen LogP contribution in [0, 0.1) is 3.57 Å². The second kappa shape index (κ2) is 8.43. The van der Waals surface area contributed by atoms with E-state index >= 15 is 0 Å². The van der Waals surface area contributed by atoms with Gasteiger partial charge in [-0.1, -0.05) is 16.4 Å². The summed E-state index contributed by atoms with van der Waals surface area (Å²) in [6, 6.07) is 11.2. The molecule has 1 aromatic carbocycles. The van der Waals surface area contributed by atoms with Crippen LogP contribution in [0.15, 0.2) is 42.6 Å². The first-order chi connectivity index (χ1) is 12.1. The van der Waals surface area contributed by atoms with Gasteiger partial charge in [0, 0.05) is 15.8 Å². The first kappa shape index (κ1) is 17.9. The molecule has 2 aromatic heterocycles. The molecule has 0 saturated heterocycles. The van der Waals surface area contributed by atoms with E-state index in [-0.39, 0.29) is 6.10 Å². The third-order valence-corrected chi connectivity index (χ3v) is 4.73. The Balaban J connectivity index is 1.60. The third kappa shape index (κ3) is 5.02. The van der Waals surface area contributed by atoms with E-state index in [2.05, 4.69) is 37.8 Å².